The van der Waals surface area contributed by atoms with Gasteiger partial charge in [-0.15, -0.1) is 0 Å². The summed E-state index contributed by atoms with van der Waals surface area (Å²) in [5.41, 5.74) is 2.49. The summed E-state index contributed by atoms with van der Waals surface area (Å²) in [6.07, 6.45) is 2.21. The van der Waals surface area contributed by atoms with E-state index in [1.807, 2.05) is 68.4 Å². The summed E-state index contributed by atoms with van der Waals surface area (Å²) in [5, 5.41) is 3.73. The number of hydrogen-bond donors (Lipinski definition) is 1. The number of pyridine rings is 1. The number of rotatable bonds is 6. The molecule has 6 nitrogen and oxygen atoms in total. The zero-order valence-corrected chi connectivity index (χ0v) is 18.0. The van der Waals surface area contributed by atoms with Gasteiger partial charge in [-0.1, -0.05) is 41.9 Å². The molecule has 3 aromatic rings. The summed E-state index contributed by atoms with van der Waals surface area (Å²) in [7, 11) is 0. The summed E-state index contributed by atoms with van der Waals surface area (Å²) < 4.78 is 5.70. The highest BCUT2D eigenvalue weighted by molar-refractivity contribution is 6.31. The van der Waals surface area contributed by atoms with Gasteiger partial charge < -0.3 is 10.1 Å². The minimum Gasteiger partial charge on any atom is -0.491 e. The molecule has 2 heterocycles. The maximum atomic E-state index is 12.8. The van der Waals surface area contributed by atoms with E-state index in [2.05, 4.69) is 10.3 Å². The van der Waals surface area contributed by atoms with E-state index in [-0.39, 0.29) is 22.9 Å². The number of halogens is 1. The van der Waals surface area contributed by atoms with E-state index < -0.39 is 6.03 Å². The number of aromatic nitrogens is 1. The third kappa shape index (κ3) is 4.70. The Morgan fingerprint density at radius 3 is 2.65 bits per heavy atom. The van der Waals surface area contributed by atoms with Crippen molar-refractivity contribution in [3.8, 4) is 5.75 Å². The van der Waals surface area contributed by atoms with E-state index in [4.69, 9.17) is 16.3 Å². The van der Waals surface area contributed by atoms with Crippen LogP contribution in [0.1, 0.15) is 25.0 Å². The molecule has 0 atom stereocenters. The van der Waals surface area contributed by atoms with Gasteiger partial charge in [-0.2, -0.15) is 0 Å². The van der Waals surface area contributed by atoms with Crippen molar-refractivity contribution >= 4 is 40.5 Å². The second-order valence-corrected chi connectivity index (χ2v) is 7.93. The van der Waals surface area contributed by atoms with Crippen LogP contribution >= 0.6 is 11.6 Å². The van der Waals surface area contributed by atoms with Crippen LogP contribution in [0.4, 0.5) is 4.79 Å². The van der Waals surface area contributed by atoms with Gasteiger partial charge in [0.15, 0.2) is 0 Å². The predicted molar refractivity (Wildman–Crippen MR) is 121 cm³/mol. The van der Waals surface area contributed by atoms with Crippen LogP contribution in [0, 0.1) is 0 Å². The second-order valence-electron chi connectivity index (χ2n) is 7.57. The van der Waals surface area contributed by atoms with Crippen molar-refractivity contribution in [2.24, 2.45) is 0 Å². The average Bonchev–Trinajstić information content (AvgIpc) is 3.00. The zero-order chi connectivity index (χ0) is 22.0. The third-order valence-electron chi connectivity index (χ3n) is 4.87. The SMILES string of the molecule is CC(C)Oc1ccc2cc(/C=C3\NC(=O)N(CCc4ccccc4)C3=O)c(Cl)nc2c1. The van der Waals surface area contributed by atoms with Crippen LogP contribution in [0.25, 0.3) is 17.0 Å². The van der Waals surface area contributed by atoms with Crippen molar-refractivity contribution in [2.75, 3.05) is 6.54 Å². The molecule has 0 bridgehead atoms. The number of fused-ring (bicyclic) bond motifs is 1. The average molecular weight is 436 g/mol. The fraction of sp³-hybridized carbons (Fsp3) is 0.208. The molecule has 0 aliphatic carbocycles. The molecule has 0 spiro atoms. The van der Waals surface area contributed by atoms with Crippen LogP contribution < -0.4 is 10.1 Å². The van der Waals surface area contributed by atoms with Gasteiger partial charge in [-0.3, -0.25) is 9.69 Å². The first-order valence-corrected chi connectivity index (χ1v) is 10.4. The zero-order valence-electron chi connectivity index (χ0n) is 17.3. The van der Waals surface area contributed by atoms with Gasteiger partial charge in [0.1, 0.15) is 16.6 Å². The van der Waals surface area contributed by atoms with Crippen LogP contribution in [-0.4, -0.2) is 34.5 Å². The van der Waals surface area contributed by atoms with Gasteiger partial charge in [0.05, 0.1) is 11.6 Å². The van der Waals surface area contributed by atoms with Crippen LogP contribution in [-0.2, 0) is 11.2 Å². The molecule has 1 aliphatic heterocycles. The number of ether oxygens (including phenoxy) is 1. The van der Waals surface area contributed by atoms with Crippen LogP contribution in [0.2, 0.25) is 5.15 Å². The fourth-order valence-electron chi connectivity index (χ4n) is 3.40. The first-order valence-electron chi connectivity index (χ1n) is 10.1. The van der Waals surface area contributed by atoms with Crippen molar-refractivity contribution in [3.63, 3.8) is 0 Å². The number of urea groups is 1. The highest BCUT2D eigenvalue weighted by atomic mass is 35.5. The molecule has 1 fully saturated rings. The van der Waals surface area contributed by atoms with Crippen molar-refractivity contribution in [1.82, 2.24) is 15.2 Å². The standard InChI is InChI=1S/C24H22ClN3O3/c1-15(2)31-19-9-8-17-12-18(22(25)26-20(17)14-19)13-21-23(29)28(24(30)27-21)11-10-16-6-4-3-5-7-16/h3-9,12-15H,10-11H2,1-2H3,(H,27,30)/b21-13-. The fourth-order valence-corrected chi connectivity index (χ4v) is 3.60. The molecule has 3 amide bonds. The molecule has 0 radical (unpaired) electrons. The molecule has 0 saturated carbocycles. The summed E-state index contributed by atoms with van der Waals surface area (Å²) in [5.74, 6) is 0.335. The highest BCUT2D eigenvalue weighted by Crippen LogP contribution is 2.27. The number of carbonyl (C=O) groups is 2. The number of nitrogens with zero attached hydrogens (tertiary/aromatic N) is 2. The normalized spacial score (nSPS) is 15.2. The van der Waals surface area contributed by atoms with E-state index >= 15 is 0 Å². The predicted octanol–water partition coefficient (Wildman–Crippen LogP) is 4.81. The maximum Gasteiger partial charge on any atom is 0.329 e. The molecular weight excluding hydrogens is 414 g/mol. The first-order chi connectivity index (χ1) is 14.9. The van der Waals surface area contributed by atoms with E-state index in [1.54, 1.807) is 6.08 Å². The Balaban J connectivity index is 1.55. The first kappa shape index (κ1) is 20.9. The van der Waals surface area contributed by atoms with Gasteiger partial charge in [0.25, 0.3) is 5.91 Å². The van der Waals surface area contributed by atoms with Crippen molar-refractivity contribution < 1.29 is 14.3 Å². The number of imide groups is 1. The number of nitrogens with one attached hydrogen (secondary N) is 1. The maximum absolute atomic E-state index is 12.8. The molecule has 7 heteroatoms. The molecule has 1 aliphatic rings. The Morgan fingerprint density at radius 2 is 1.90 bits per heavy atom. The lowest BCUT2D eigenvalue weighted by Gasteiger charge is -2.11. The van der Waals surface area contributed by atoms with Crippen LogP contribution in [0.15, 0.2) is 60.3 Å². The van der Waals surface area contributed by atoms with Crippen molar-refractivity contribution in [2.45, 2.75) is 26.4 Å². The summed E-state index contributed by atoms with van der Waals surface area (Å²) >= 11 is 6.37. The molecule has 1 aromatic heterocycles. The summed E-state index contributed by atoms with van der Waals surface area (Å²) in [4.78, 5) is 30.7. The Morgan fingerprint density at radius 1 is 1.13 bits per heavy atom. The lowest BCUT2D eigenvalue weighted by atomic mass is 10.1. The summed E-state index contributed by atoms with van der Waals surface area (Å²) in [6.45, 7) is 4.21. The van der Waals surface area contributed by atoms with Crippen LogP contribution in [0.3, 0.4) is 0 Å². The van der Waals surface area contributed by atoms with Crippen LogP contribution in [0.5, 0.6) is 5.75 Å². The minimum absolute atomic E-state index is 0.0544. The quantitative estimate of drug-likeness (QED) is 0.342. The molecule has 158 valence electrons. The number of carbonyl (C=O) groups excluding carboxylic acids is 2. The molecule has 4 rings (SSSR count). The lowest BCUT2D eigenvalue weighted by Crippen LogP contribution is -2.32. The van der Waals surface area contributed by atoms with Crippen molar-refractivity contribution in [3.05, 3.63) is 76.6 Å². The van der Waals surface area contributed by atoms with Gasteiger partial charge in [0, 0.05) is 23.6 Å². The van der Waals surface area contributed by atoms with Crippen molar-refractivity contribution in [1.29, 1.82) is 0 Å². The molecule has 2 aromatic carbocycles. The molecule has 0 unspecified atom stereocenters. The Bertz CT molecular complexity index is 1180. The van der Waals surface area contributed by atoms with Gasteiger partial charge in [-0.05, 0) is 50.1 Å². The number of hydrogen-bond acceptors (Lipinski definition) is 4. The monoisotopic (exact) mass is 435 g/mol. The lowest BCUT2D eigenvalue weighted by molar-refractivity contribution is -0.122. The van der Waals surface area contributed by atoms with E-state index in [1.165, 1.54) is 4.90 Å². The Kier molecular flexibility index (Phi) is 5.91. The molecule has 1 saturated heterocycles. The van der Waals surface area contributed by atoms with E-state index in [0.717, 1.165) is 10.9 Å². The smallest absolute Gasteiger partial charge is 0.329 e. The largest absolute Gasteiger partial charge is 0.491 e. The third-order valence-corrected chi connectivity index (χ3v) is 5.17. The van der Waals surface area contributed by atoms with E-state index in [9.17, 15) is 9.59 Å². The topological polar surface area (TPSA) is 71.5 Å². The number of amides is 3. The number of benzene rings is 2. The Hall–Kier alpha value is -3.38. The molecule has 1 N–H and O–H groups in total. The van der Waals surface area contributed by atoms with E-state index in [0.29, 0.717) is 29.8 Å². The summed E-state index contributed by atoms with van der Waals surface area (Å²) in [6, 6.07) is 16.7. The molecular formula is C24H22ClN3O3. The minimum atomic E-state index is -0.437. The second kappa shape index (κ2) is 8.78. The Labute approximate surface area is 185 Å². The highest BCUT2D eigenvalue weighted by Gasteiger charge is 2.33. The molecule has 31 heavy (non-hydrogen) atoms. The van der Waals surface area contributed by atoms with Gasteiger partial charge in [-0.25, -0.2) is 9.78 Å². The van der Waals surface area contributed by atoms with Gasteiger partial charge in [0.2, 0.25) is 0 Å². The van der Waals surface area contributed by atoms with Gasteiger partial charge >= 0.3 is 6.03 Å².